The molecule has 0 aromatic carbocycles. The van der Waals surface area contributed by atoms with Crippen molar-refractivity contribution in [2.75, 3.05) is 13.2 Å². The predicted molar refractivity (Wildman–Crippen MR) is 66.8 cm³/mol. The van der Waals surface area contributed by atoms with Crippen LogP contribution in [0.4, 0.5) is 0 Å². The topological polar surface area (TPSA) is 54.6 Å². The average molecular weight is 241 g/mol. The smallest absolute Gasteiger partial charge is 0.120 e. The first-order valence-electron chi connectivity index (χ1n) is 5.97. The summed E-state index contributed by atoms with van der Waals surface area (Å²) < 4.78 is 10.8. The maximum absolute atomic E-state index is 9.74. The van der Waals surface area contributed by atoms with Gasteiger partial charge in [0.2, 0.25) is 0 Å². The molecule has 0 bridgehead atoms. The van der Waals surface area contributed by atoms with Gasteiger partial charge < -0.3 is 19.6 Å². The van der Waals surface area contributed by atoms with Gasteiger partial charge in [0.15, 0.2) is 0 Å². The second kappa shape index (κ2) is 6.19. The van der Waals surface area contributed by atoms with Crippen LogP contribution in [-0.4, -0.2) is 30.0 Å². The minimum atomic E-state index is -0.508. The largest absolute Gasteiger partial charge is 0.468 e. The van der Waals surface area contributed by atoms with E-state index in [1.165, 1.54) is 0 Å². The molecule has 1 unspecified atom stereocenters. The van der Waals surface area contributed by atoms with E-state index in [0.717, 1.165) is 5.76 Å². The third kappa shape index (κ3) is 5.86. The first kappa shape index (κ1) is 14.2. The van der Waals surface area contributed by atoms with Gasteiger partial charge >= 0.3 is 0 Å². The van der Waals surface area contributed by atoms with Crippen molar-refractivity contribution in [3.63, 3.8) is 0 Å². The predicted octanol–water partition coefficient (Wildman–Crippen LogP) is 2.11. The SMILES string of the molecule is C[C@@H](NCC(O)COC(C)(C)C)c1ccco1. The van der Waals surface area contributed by atoms with Gasteiger partial charge in [0.25, 0.3) is 0 Å². The quantitative estimate of drug-likeness (QED) is 0.801. The molecular formula is C13H23NO3. The van der Waals surface area contributed by atoms with E-state index in [9.17, 15) is 5.11 Å². The van der Waals surface area contributed by atoms with Gasteiger partial charge in [-0.1, -0.05) is 0 Å². The fourth-order valence-corrected chi connectivity index (χ4v) is 1.36. The van der Waals surface area contributed by atoms with E-state index < -0.39 is 6.10 Å². The maximum Gasteiger partial charge on any atom is 0.120 e. The Morgan fingerprint density at radius 3 is 2.71 bits per heavy atom. The standard InChI is InChI=1S/C13H23NO3/c1-10(12-6-5-7-16-12)14-8-11(15)9-17-13(2,3)4/h5-7,10-11,14-15H,8-9H2,1-4H3/t10-,11?/m1/s1. The zero-order valence-corrected chi connectivity index (χ0v) is 11.1. The van der Waals surface area contributed by atoms with Crippen LogP contribution in [0.15, 0.2) is 22.8 Å². The van der Waals surface area contributed by atoms with Gasteiger partial charge in [-0.15, -0.1) is 0 Å². The van der Waals surface area contributed by atoms with Crippen molar-refractivity contribution >= 4 is 0 Å². The summed E-state index contributed by atoms with van der Waals surface area (Å²) in [5.74, 6) is 0.869. The van der Waals surface area contributed by atoms with Crippen LogP contribution >= 0.6 is 0 Å². The van der Waals surface area contributed by atoms with Crippen LogP contribution in [0.2, 0.25) is 0 Å². The lowest BCUT2D eigenvalue weighted by molar-refractivity contribution is -0.0483. The fraction of sp³-hybridized carbons (Fsp3) is 0.692. The highest BCUT2D eigenvalue weighted by Gasteiger charge is 2.15. The molecule has 0 amide bonds. The molecule has 4 heteroatoms. The van der Waals surface area contributed by atoms with Gasteiger partial charge in [0.05, 0.1) is 30.6 Å². The van der Waals surface area contributed by atoms with Gasteiger partial charge in [0, 0.05) is 6.54 Å². The summed E-state index contributed by atoms with van der Waals surface area (Å²) >= 11 is 0. The highest BCUT2D eigenvalue weighted by atomic mass is 16.5. The first-order chi connectivity index (χ1) is 7.88. The van der Waals surface area contributed by atoms with Crippen molar-refractivity contribution in [3.8, 4) is 0 Å². The second-order valence-electron chi connectivity index (χ2n) is 5.22. The number of ether oxygens (including phenoxy) is 1. The molecule has 0 aliphatic carbocycles. The number of rotatable bonds is 6. The molecule has 98 valence electrons. The van der Waals surface area contributed by atoms with E-state index in [1.807, 2.05) is 39.8 Å². The van der Waals surface area contributed by atoms with Crippen LogP contribution < -0.4 is 5.32 Å². The van der Waals surface area contributed by atoms with E-state index in [4.69, 9.17) is 9.15 Å². The summed E-state index contributed by atoms with van der Waals surface area (Å²) in [6.45, 7) is 8.73. The molecule has 2 atom stereocenters. The molecule has 0 spiro atoms. The maximum atomic E-state index is 9.74. The highest BCUT2D eigenvalue weighted by Crippen LogP contribution is 2.12. The van der Waals surface area contributed by atoms with Crippen LogP contribution in [0.1, 0.15) is 39.5 Å². The molecule has 17 heavy (non-hydrogen) atoms. The van der Waals surface area contributed by atoms with E-state index in [1.54, 1.807) is 6.26 Å². The number of aliphatic hydroxyl groups is 1. The van der Waals surface area contributed by atoms with E-state index >= 15 is 0 Å². The Bertz CT molecular complexity index is 303. The zero-order valence-electron chi connectivity index (χ0n) is 11.1. The molecule has 0 saturated heterocycles. The van der Waals surface area contributed by atoms with Gasteiger partial charge in [-0.3, -0.25) is 0 Å². The van der Waals surface area contributed by atoms with Crippen molar-refractivity contribution < 1.29 is 14.3 Å². The van der Waals surface area contributed by atoms with E-state index in [-0.39, 0.29) is 11.6 Å². The lowest BCUT2D eigenvalue weighted by Gasteiger charge is -2.22. The van der Waals surface area contributed by atoms with Gasteiger partial charge in [-0.05, 0) is 39.8 Å². The van der Waals surface area contributed by atoms with Crippen molar-refractivity contribution in [1.82, 2.24) is 5.32 Å². The minimum Gasteiger partial charge on any atom is -0.468 e. The Kier molecular flexibility index (Phi) is 5.18. The lowest BCUT2D eigenvalue weighted by atomic mass is 10.2. The Balaban J connectivity index is 2.22. The van der Waals surface area contributed by atoms with Gasteiger partial charge in [-0.25, -0.2) is 0 Å². The molecule has 0 aliphatic rings. The summed E-state index contributed by atoms with van der Waals surface area (Å²) in [5, 5.41) is 12.9. The normalized spacial score (nSPS) is 15.8. The molecule has 1 aromatic rings. The van der Waals surface area contributed by atoms with Crippen LogP contribution in [-0.2, 0) is 4.74 Å². The molecule has 1 rings (SSSR count). The molecule has 0 fully saturated rings. The molecule has 2 N–H and O–H groups in total. The summed E-state index contributed by atoms with van der Waals surface area (Å²) in [6, 6.07) is 3.86. The van der Waals surface area contributed by atoms with Crippen molar-refractivity contribution in [3.05, 3.63) is 24.2 Å². The van der Waals surface area contributed by atoms with Crippen LogP contribution in [0.3, 0.4) is 0 Å². The molecule has 0 aliphatic heterocycles. The average Bonchev–Trinajstić information content (AvgIpc) is 2.75. The van der Waals surface area contributed by atoms with Crippen molar-refractivity contribution in [2.24, 2.45) is 0 Å². The Morgan fingerprint density at radius 2 is 2.18 bits per heavy atom. The molecule has 1 heterocycles. The fourth-order valence-electron chi connectivity index (χ4n) is 1.36. The molecule has 4 nitrogen and oxygen atoms in total. The van der Waals surface area contributed by atoms with Gasteiger partial charge in [-0.2, -0.15) is 0 Å². The number of hydrogen-bond acceptors (Lipinski definition) is 4. The van der Waals surface area contributed by atoms with E-state index in [0.29, 0.717) is 13.2 Å². The Labute approximate surface area is 103 Å². The third-order valence-corrected chi connectivity index (χ3v) is 2.34. The Hall–Kier alpha value is -0.840. The van der Waals surface area contributed by atoms with E-state index in [2.05, 4.69) is 5.32 Å². The summed E-state index contributed by atoms with van der Waals surface area (Å²) in [5.41, 5.74) is -0.215. The summed E-state index contributed by atoms with van der Waals surface area (Å²) in [7, 11) is 0. The van der Waals surface area contributed by atoms with Crippen LogP contribution in [0.5, 0.6) is 0 Å². The number of hydrogen-bond donors (Lipinski definition) is 2. The van der Waals surface area contributed by atoms with Crippen molar-refractivity contribution in [2.45, 2.75) is 45.4 Å². The molecule has 0 radical (unpaired) electrons. The molecular weight excluding hydrogens is 218 g/mol. The number of furan rings is 1. The number of aliphatic hydroxyl groups excluding tert-OH is 1. The zero-order chi connectivity index (χ0) is 12.9. The van der Waals surface area contributed by atoms with Crippen LogP contribution in [0.25, 0.3) is 0 Å². The van der Waals surface area contributed by atoms with Crippen molar-refractivity contribution in [1.29, 1.82) is 0 Å². The Morgan fingerprint density at radius 1 is 1.47 bits per heavy atom. The molecule has 1 aromatic heterocycles. The van der Waals surface area contributed by atoms with Gasteiger partial charge in [0.1, 0.15) is 5.76 Å². The highest BCUT2D eigenvalue weighted by molar-refractivity contribution is 5.02. The summed E-state index contributed by atoms with van der Waals surface area (Å²) in [4.78, 5) is 0. The first-order valence-corrected chi connectivity index (χ1v) is 5.97. The minimum absolute atomic E-state index is 0.0919. The monoisotopic (exact) mass is 241 g/mol. The summed E-state index contributed by atoms with van der Waals surface area (Å²) in [6.07, 6.45) is 1.14. The third-order valence-electron chi connectivity index (χ3n) is 2.34. The van der Waals surface area contributed by atoms with Crippen LogP contribution in [0, 0.1) is 0 Å². The molecule has 0 saturated carbocycles. The lowest BCUT2D eigenvalue weighted by Crippen LogP contribution is -2.34. The number of nitrogens with one attached hydrogen (secondary N) is 1. The second-order valence-corrected chi connectivity index (χ2v) is 5.22.